The van der Waals surface area contributed by atoms with Gasteiger partial charge in [-0.2, -0.15) is 0 Å². The summed E-state index contributed by atoms with van der Waals surface area (Å²) in [7, 11) is 0. The number of aromatic nitrogens is 1. The van der Waals surface area contributed by atoms with Gasteiger partial charge < -0.3 is 10.0 Å². The predicted octanol–water partition coefficient (Wildman–Crippen LogP) is 7.58. The Morgan fingerprint density at radius 2 is 1.72 bits per heavy atom. The van der Waals surface area contributed by atoms with Crippen molar-refractivity contribution in [1.82, 2.24) is 9.88 Å². The number of carbonyl (C=O) groups is 1. The molecule has 4 atom stereocenters. The Bertz CT molecular complexity index is 1230. The van der Waals surface area contributed by atoms with Crippen LogP contribution >= 0.6 is 0 Å². The van der Waals surface area contributed by atoms with E-state index in [0.717, 1.165) is 43.7 Å². The zero-order valence-corrected chi connectivity index (χ0v) is 23.3. The van der Waals surface area contributed by atoms with Crippen LogP contribution in [0.5, 0.6) is 0 Å². The van der Waals surface area contributed by atoms with Gasteiger partial charge in [0.15, 0.2) is 0 Å². The quantitative estimate of drug-likeness (QED) is 0.281. The molecule has 2 aromatic carbocycles. The number of carboxylic acids is 1. The van der Waals surface area contributed by atoms with Gasteiger partial charge >= 0.3 is 5.97 Å². The first-order valence-electron chi connectivity index (χ1n) is 15.5. The van der Waals surface area contributed by atoms with Crippen LogP contribution in [0, 0.1) is 29.6 Å². The van der Waals surface area contributed by atoms with E-state index >= 15 is 0 Å². The molecule has 1 saturated heterocycles. The maximum atomic E-state index is 12.2. The number of nitrogens with zero attached hydrogens (tertiary/aromatic N) is 2. The average molecular weight is 525 g/mol. The summed E-state index contributed by atoms with van der Waals surface area (Å²) < 4.78 is 0. The molecule has 6 rings (SSSR count). The Hall–Kier alpha value is -2.72. The second-order valence-corrected chi connectivity index (χ2v) is 12.8. The largest absolute Gasteiger partial charge is 0.481 e. The van der Waals surface area contributed by atoms with Crippen LogP contribution in [0.1, 0.15) is 74.8 Å². The lowest BCUT2D eigenvalue weighted by Gasteiger charge is -2.35. The first kappa shape index (κ1) is 26.5. The molecule has 2 unspecified atom stereocenters. The normalized spacial score (nSPS) is 25.2. The summed E-state index contributed by atoms with van der Waals surface area (Å²) >= 11 is 0. The summed E-state index contributed by atoms with van der Waals surface area (Å²) in [4.78, 5) is 19.6. The minimum atomic E-state index is -0.556. The van der Waals surface area contributed by atoms with E-state index in [-0.39, 0.29) is 5.92 Å². The van der Waals surface area contributed by atoms with E-state index in [0.29, 0.717) is 23.7 Å². The van der Waals surface area contributed by atoms with Crippen LogP contribution in [0.3, 0.4) is 0 Å². The second kappa shape index (κ2) is 12.2. The number of rotatable bonds is 11. The first-order valence-corrected chi connectivity index (χ1v) is 15.5. The third-order valence-corrected chi connectivity index (χ3v) is 10.1. The van der Waals surface area contributed by atoms with Crippen molar-refractivity contribution in [3.05, 3.63) is 78.0 Å². The van der Waals surface area contributed by atoms with Gasteiger partial charge in [-0.1, -0.05) is 67.8 Å². The van der Waals surface area contributed by atoms with Crippen LogP contribution in [-0.4, -0.2) is 40.6 Å². The summed E-state index contributed by atoms with van der Waals surface area (Å²) in [5, 5.41) is 11.3. The molecule has 1 aliphatic heterocycles. The predicted molar refractivity (Wildman–Crippen MR) is 158 cm³/mol. The smallest absolute Gasteiger partial charge is 0.306 e. The van der Waals surface area contributed by atoms with Gasteiger partial charge in [-0.25, -0.2) is 0 Å². The summed E-state index contributed by atoms with van der Waals surface area (Å²) in [6.07, 6.45) is 13.8. The second-order valence-electron chi connectivity index (χ2n) is 12.8. The molecule has 0 amide bonds. The number of piperidine rings is 1. The molecule has 2 heterocycles. The summed E-state index contributed by atoms with van der Waals surface area (Å²) in [6, 6.07) is 21.6. The van der Waals surface area contributed by atoms with Crippen molar-refractivity contribution in [2.24, 2.45) is 29.6 Å². The molecule has 0 bridgehead atoms. The number of hydrogen-bond acceptors (Lipinski definition) is 3. The number of benzene rings is 2. The molecule has 3 fully saturated rings. The number of likely N-dealkylation sites (tertiary alicyclic amines) is 1. The van der Waals surface area contributed by atoms with Crippen molar-refractivity contribution in [3.8, 4) is 0 Å². The number of aryl methyl sites for hydroxylation is 1. The number of pyridine rings is 1. The number of carboxylic acid groups (broad SMARTS) is 1. The molecule has 39 heavy (non-hydrogen) atoms. The Morgan fingerprint density at radius 1 is 0.949 bits per heavy atom. The van der Waals surface area contributed by atoms with Crippen LogP contribution < -0.4 is 0 Å². The summed E-state index contributed by atoms with van der Waals surface area (Å²) in [5.41, 5.74) is 3.85. The SMILES string of the molecule is O=C(O)C(CC1CC1)C1C[C@H](CN2CCC(CCCc3cnc4ccccc4c3)CC2)[C@@H](c2ccccc2)C1. The Kier molecular flexibility index (Phi) is 8.29. The molecule has 3 aromatic rings. The summed E-state index contributed by atoms with van der Waals surface area (Å²) in [5.74, 6) is 2.15. The fourth-order valence-corrected chi connectivity index (χ4v) is 7.65. The Labute approximate surface area is 233 Å². The van der Waals surface area contributed by atoms with Gasteiger partial charge in [0, 0.05) is 18.1 Å². The lowest BCUT2D eigenvalue weighted by atomic mass is 9.85. The van der Waals surface area contributed by atoms with Crippen LogP contribution in [0.15, 0.2) is 66.9 Å². The van der Waals surface area contributed by atoms with E-state index in [4.69, 9.17) is 0 Å². The molecule has 1 aromatic heterocycles. The van der Waals surface area contributed by atoms with Crippen molar-refractivity contribution in [1.29, 1.82) is 0 Å². The highest BCUT2D eigenvalue weighted by atomic mass is 16.4. The number of para-hydroxylation sites is 1. The van der Waals surface area contributed by atoms with E-state index in [1.54, 1.807) is 0 Å². The van der Waals surface area contributed by atoms with Crippen molar-refractivity contribution in [2.45, 2.75) is 70.1 Å². The standard InChI is InChI=1S/C35H44N2O2/c38-35(39)33(20-26-13-14-26)30-21-31(32(22-30)28-9-2-1-3-10-28)24-37-17-15-25(16-18-37)7-6-8-27-19-29-11-4-5-12-34(29)36-23-27/h1-5,9-12,19,23,25-26,30-33H,6-8,13-18,20-22,24H2,(H,38,39)/t30?,31-,32-,33?/m1/s1. The maximum absolute atomic E-state index is 12.2. The van der Waals surface area contributed by atoms with Crippen molar-refractivity contribution in [2.75, 3.05) is 19.6 Å². The van der Waals surface area contributed by atoms with Crippen molar-refractivity contribution >= 4 is 16.9 Å². The van der Waals surface area contributed by atoms with Gasteiger partial charge in [0.1, 0.15) is 0 Å². The van der Waals surface area contributed by atoms with Gasteiger partial charge in [-0.15, -0.1) is 0 Å². The molecule has 0 spiro atoms. The first-order chi connectivity index (χ1) is 19.1. The minimum Gasteiger partial charge on any atom is -0.481 e. The van der Waals surface area contributed by atoms with E-state index in [9.17, 15) is 9.90 Å². The van der Waals surface area contributed by atoms with E-state index in [1.807, 2.05) is 0 Å². The molecular formula is C35H44N2O2. The highest BCUT2D eigenvalue weighted by Crippen LogP contribution is 2.49. The van der Waals surface area contributed by atoms with Crippen molar-refractivity contribution < 1.29 is 9.90 Å². The topological polar surface area (TPSA) is 53.4 Å². The van der Waals surface area contributed by atoms with Crippen molar-refractivity contribution in [3.63, 3.8) is 0 Å². The lowest BCUT2D eigenvalue weighted by molar-refractivity contribution is -0.144. The minimum absolute atomic E-state index is 0.155. The van der Waals surface area contributed by atoms with Gasteiger partial charge in [-0.3, -0.25) is 9.78 Å². The van der Waals surface area contributed by atoms with Crippen LogP contribution in [0.2, 0.25) is 0 Å². The van der Waals surface area contributed by atoms with E-state index in [2.05, 4.69) is 76.7 Å². The molecule has 2 saturated carbocycles. The van der Waals surface area contributed by atoms with E-state index < -0.39 is 5.97 Å². The number of hydrogen-bond donors (Lipinski definition) is 1. The molecule has 3 aliphatic rings. The number of aliphatic carboxylic acids is 1. The van der Waals surface area contributed by atoms with Gasteiger partial charge in [0.2, 0.25) is 0 Å². The van der Waals surface area contributed by atoms with Gasteiger partial charge in [-0.05, 0) is 111 Å². The lowest BCUT2D eigenvalue weighted by Crippen LogP contribution is -2.37. The fourth-order valence-electron chi connectivity index (χ4n) is 7.65. The Morgan fingerprint density at radius 3 is 2.49 bits per heavy atom. The zero-order chi connectivity index (χ0) is 26.6. The fraction of sp³-hybridized carbons (Fsp3) is 0.543. The average Bonchev–Trinajstić information content (AvgIpc) is 3.70. The molecule has 4 nitrogen and oxygen atoms in total. The monoisotopic (exact) mass is 524 g/mol. The molecule has 2 aliphatic carbocycles. The van der Waals surface area contributed by atoms with Gasteiger partial charge in [0.25, 0.3) is 0 Å². The highest BCUT2D eigenvalue weighted by molar-refractivity contribution is 5.78. The summed E-state index contributed by atoms with van der Waals surface area (Å²) in [6.45, 7) is 3.51. The van der Waals surface area contributed by atoms with E-state index in [1.165, 1.54) is 68.1 Å². The molecule has 0 radical (unpaired) electrons. The maximum Gasteiger partial charge on any atom is 0.306 e. The van der Waals surface area contributed by atoms with Crippen LogP contribution in [0.4, 0.5) is 0 Å². The third kappa shape index (κ3) is 6.72. The van der Waals surface area contributed by atoms with Crippen LogP contribution in [-0.2, 0) is 11.2 Å². The molecule has 4 heteroatoms. The van der Waals surface area contributed by atoms with Gasteiger partial charge in [0.05, 0.1) is 11.4 Å². The molecule has 206 valence electrons. The zero-order valence-electron chi connectivity index (χ0n) is 23.3. The Balaban J connectivity index is 1.01. The van der Waals surface area contributed by atoms with Crippen LogP contribution in [0.25, 0.3) is 10.9 Å². The third-order valence-electron chi connectivity index (χ3n) is 10.1. The molecular weight excluding hydrogens is 480 g/mol. The highest BCUT2D eigenvalue weighted by Gasteiger charge is 2.43. The molecule has 1 N–H and O–H groups in total. The number of fused-ring (bicyclic) bond motifs is 1.